The highest BCUT2D eigenvalue weighted by Crippen LogP contribution is 2.70. The van der Waals surface area contributed by atoms with E-state index in [-0.39, 0.29) is 30.9 Å². The first-order valence-electron chi connectivity index (χ1n) is 18.1. The molecule has 7 fully saturated rings. The number of hydrogen-bond donors (Lipinski definition) is 3. The zero-order chi connectivity index (χ0) is 30.1. The number of nitrogens with zero attached hydrogens (tertiary/aromatic N) is 1. The number of fused-ring (bicyclic) bond motifs is 8. The van der Waals surface area contributed by atoms with Crippen molar-refractivity contribution < 1.29 is 19.4 Å². The zero-order valence-corrected chi connectivity index (χ0v) is 27.4. The summed E-state index contributed by atoms with van der Waals surface area (Å²) in [6.07, 6.45) is 12.9. The molecule has 0 spiro atoms. The molecule has 0 aromatic rings. The second-order valence-electron chi connectivity index (χ2n) is 17.1. The van der Waals surface area contributed by atoms with E-state index in [9.17, 15) is 14.7 Å². The first-order valence-corrected chi connectivity index (χ1v) is 18.1. The summed E-state index contributed by atoms with van der Waals surface area (Å²) in [4.78, 5) is 27.8. The molecule has 2 amide bonds. The second-order valence-corrected chi connectivity index (χ2v) is 17.1. The van der Waals surface area contributed by atoms with Crippen LogP contribution in [-0.2, 0) is 14.3 Å². The Morgan fingerprint density at radius 2 is 1.77 bits per heavy atom. The van der Waals surface area contributed by atoms with Crippen LogP contribution in [0.5, 0.6) is 0 Å². The van der Waals surface area contributed by atoms with Crippen molar-refractivity contribution in [1.29, 1.82) is 0 Å². The number of aliphatic hydroxyl groups excluding tert-OH is 1. The highest BCUT2D eigenvalue weighted by atomic mass is 16.5. The van der Waals surface area contributed by atoms with E-state index in [0.29, 0.717) is 58.5 Å². The highest BCUT2D eigenvalue weighted by molar-refractivity contribution is 5.97. The molecule has 43 heavy (non-hydrogen) atoms. The molecular weight excluding hydrogens is 538 g/mol. The molecule has 6 unspecified atom stereocenters. The molecule has 14 atom stereocenters. The monoisotopic (exact) mass is 597 g/mol. The molecule has 0 bridgehead atoms. The van der Waals surface area contributed by atoms with E-state index in [4.69, 9.17) is 4.74 Å². The second kappa shape index (κ2) is 11.6. The molecular formula is C36H59N3O4. The van der Waals surface area contributed by atoms with E-state index in [1.807, 2.05) is 4.90 Å². The van der Waals surface area contributed by atoms with Gasteiger partial charge in [-0.25, -0.2) is 0 Å². The van der Waals surface area contributed by atoms with Gasteiger partial charge in [0.25, 0.3) is 0 Å². The van der Waals surface area contributed by atoms with Crippen LogP contribution in [0.25, 0.3) is 0 Å². The Kier molecular flexibility index (Phi) is 8.19. The van der Waals surface area contributed by atoms with Gasteiger partial charge in [0.15, 0.2) is 0 Å². The Hall–Kier alpha value is -1.18. The average molecular weight is 598 g/mol. The lowest BCUT2D eigenvalue weighted by Crippen LogP contribution is -2.55. The predicted molar refractivity (Wildman–Crippen MR) is 167 cm³/mol. The van der Waals surface area contributed by atoms with Gasteiger partial charge in [-0.1, -0.05) is 27.7 Å². The van der Waals surface area contributed by atoms with Gasteiger partial charge in [0.1, 0.15) is 6.42 Å². The maximum absolute atomic E-state index is 13.0. The molecule has 7 rings (SSSR count). The van der Waals surface area contributed by atoms with Crippen LogP contribution >= 0.6 is 0 Å². The van der Waals surface area contributed by atoms with E-state index in [2.05, 4.69) is 38.3 Å². The fourth-order valence-electron chi connectivity index (χ4n) is 12.5. The molecule has 4 aliphatic carbocycles. The van der Waals surface area contributed by atoms with Crippen molar-refractivity contribution in [2.45, 2.75) is 117 Å². The van der Waals surface area contributed by atoms with Crippen molar-refractivity contribution in [1.82, 2.24) is 15.5 Å². The van der Waals surface area contributed by atoms with Gasteiger partial charge in [-0.2, -0.15) is 0 Å². The summed E-state index contributed by atoms with van der Waals surface area (Å²) in [6.45, 7) is 13.8. The Morgan fingerprint density at radius 3 is 2.51 bits per heavy atom. The Bertz CT molecular complexity index is 1060. The highest BCUT2D eigenvalue weighted by Gasteiger charge is 2.65. The SMILES string of the molecule is C[C@H](CO)CC[C@H]1O[C@H]2CC3[C@@H]4CC[C@@H]5CC(NC(=O)CC(=O)N6CC7CNCC7C6)CC[C@]5(C)C4CC[C@]3(C)C2[C@@H]1C. The summed E-state index contributed by atoms with van der Waals surface area (Å²) in [5, 5.41) is 16.3. The molecule has 7 heteroatoms. The third kappa shape index (κ3) is 5.19. The molecule has 4 saturated carbocycles. The minimum Gasteiger partial charge on any atom is -0.396 e. The number of carbonyl (C=O) groups is 2. The molecule has 3 aliphatic heterocycles. The third-order valence-corrected chi connectivity index (χ3v) is 14.9. The summed E-state index contributed by atoms with van der Waals surface area (Å²) in [7, 11) is 0. The van der Waals surface area contributed by atoms with Gasteiger partial charge in [-0.3, -0.25) is 9.59 Å². The Morgan fingerprint density at radius 1 is 1.02 bits per heavy atom. The van der Waals surface area contributed by atoms with Crippen LogP contribution in [0.4, 0.5) is 0 Å². The lowest BCUT2D eigenvalue weighted by molar-refractivity contribution is -0.137. The summed E-state index contributed by atoms with van der Waals surface area (Å²) in [5.41, 5.74) is 0.768. The molecule has 7 nitrogen and oxygen atoms in total. The number of carbonyl (C=O) groups excluding carboxylic acids is 2. The van der Waals surface area contributed by atoms with Crippen LogP contribution in [0.15, 0.2) is 0 Å². The minimum atomic E-state index is -0.0633. The van der Waals surface area contributed by atoms with Gasteiger partial charge in [-0.05, 0) is 128 Å². The van der Waals surface area contributed by atoms with Crippen LogP contribution < -0.4 is 10.6 Å². The number of rotatable bonds is 7. The normalized spacial score (nSPS) is 49.0. The molecule has 3 heterocycles. The molecule has 242 valence electrons. The van der Waals surface area contributed by atoms with Crippen LogP contribution in [0.1, 0.15) is 98.3 Å². The van der Waals surface area contributed by atoms with E-state index in [1.54, 1.807) is 0 Å². The number of likely N-dealkylation sites (tertiary alicyclic amines) is 1. The van der Waals surface area contributed by atoms with Crippen molar-refractivity contribution in [3.05, 3.63) is 0 Å². The van der Waals surface area contributed by atoms with E-state index in [1.165, 1.54) is 38.5 Å². The molecule has 3 N–H and O–H groups in total. The van der Waals surface area contributed by atoms with Crippen LogP contribution in [0.3, 0.4) is 0 Å². The van der Waals surface area contributed by atoms with Gasteiger partial charge in [0.2, 0.25) is 11.8 Å². The van der Waals surface area contributed by atoms with Gasteiger partial charge < -0.3 is 25.4 Å². The molecule has 0 radical (unpaired) electrons. The molecule has 0 aromatic carbocycles. The Balaban J connectivity index is 0.939. The average Bonchev–Trinajstić information content (AvgIpc) is 3.72. The fourth-order valence-corrected chi connectivity index (χ4v) is 12.5. The molecule has 3 saturated heterocycles. The zero-order valence-electron chi connectivity index (χ0n) is 27.4. The Labute approximate surface area is 260 Å². The predicted octanol–water partition coefficient (Wildman–Crippen LogP) is 4.62. The first-order chi connectivity index (χ1) is 20.6. The largest absolute Gasteiger partial charge is 0.396 e. The number of nitrogens with one attached hydrogen (secondary N) is 2. The van der Waals surface area contributed by atoms with Gasteiger partial charge >= 0.3 is 0 Å². The van der Waals surface area contributed by atoms with Crippen molar-refractivity contribution in [3.8, 4) is 0 Å². The maximum atomic E-state index is 13.0. The fraction of sp³-hybridized carbons (Fsp3) is 0.944. The number of ether oxygens (including phenoxy) is 1. The summed E-state index contributed by atoms with van der Waals surface area (Å²) in [5.74, 6) is 5.81. The van der Waals surface area contributed by atoms with Crippen LogP contribution in [0, 0.1) is 64.1 Å². The molecule has 0 aromatic heterocycles. The van der Waals surface area contributed by atoms with Gasteiger partial charge in [0, 0.05) is 38.8 Å². The summed E-state index contributed by atoms with van der Waals surface area (Å²) >= 11 is 0. The van der Waals surface area contributed by atoms with Crippen molar-refractivity contribution in [3.63, 3.8) is 0 Å². The quantitative estimate of drug-likeness (QED) is 0.373. The summed E-state index contributed by atoms with van der Waals surface area (Å²) < 4.78 is 6.84. The van der Waals surface area contributed by atoms with E-state index >= 15 is 0 Å². The van der Waals surface area contributed by atoms with Crippen molar-refractivity contribution in [2.24, 2.45) is 64.1 Å². The lowest BCUT2D eigenvalue weighted by atomic mass is 9.44. The first kappa shape index (κ1) is 30.5. The van der Waals surface area contributed by atoms with E-state index < -0.39 is 0 Å². The van der Waals surface area contributed by atoms with Crippen molar-refractivity contribution >= 4 is 11.8 Å². The van der Waals surface area contributed by atoms with E-state index in [0.717, 1.165) is 69.6 Å². The number of aliphatic hydroxyl groups is 1. The van der Waals surface area contributed by atoms with Crippen LogP contribution in [-0.4, -0.2) is 72.9 Å². The maximum Gasteiger partial charge on any atom is 0.232 e. The topological polar surface area (TPSA) is 90.9 Å². The number of hydrogen-bond acceptors (Lipinski definition) is 5. The van der Waals surface area contributed by atoms with Crippen LogP contribution in [0.2, 0.25) is 0 Å². The van der Waals surface area contributed by atoms with Gasteiger partial charge in [-0.15, -0.1) is 0 Å². The van der Waals surface area contributed by atoms with Gasteiger partial charge in [0.05, 0.1) is 12.2 Å². The number of amides is 2. The summed E-state index contributed by atoms with van der Waals surface area (Å²) in [6, 6.07) is 0.219. The lowest BCUT2D eigenvalue weighted by Gasteiger charge is -2.61. The smallest absolute Gasteiger partial charge is 0.232 e. The molecule has 7 aliphatic rings. The van der Waals surface area contributed by atoms with Crippen molar-refractivity contribution in [2.75, 3.05) is 32.8 Å². The third-order valence-electron chi connectivity index (χ3n) is 14.9. The standard InChI is InChI=1S/C36H59N3O4/c1-21(20-40)5-8-30-22(2)34-31(43-30)14-29-27-7-6-25-13-26(9-11-35(25,3)28(27)10-12-36(29,34)4)38-32(41)15-33(42)39-18-23-16-37-17-24(23)19-39/h21-31,34,37,40H,5-20H2,1-4H3,(H,38,41)/t21-,22+,23?,24?,25+,26?,27+,28?,29?,30+,31-,34?,35-,36-/m0/s1. The minimum absolute atomic E-state index is 0.0143.